The third-order valence-corrected chi connectivity index (χ3v) is 3.83. The van der Waals surface area contributed by atoms with Gasteiger partial charge in [-0.3, -0.25) is 25.0 Å². The molecular weight excluding hydrogens is 322 g/mol. The SMILES string of the molecule is CCCCn1c(SCC(=O)NNC(=O)c2ccco2)n[nH]c1=O. The van der Waals surface area contributed by atoms with Crippen LogP contribution in [0.1, 0.15) is 30.3 Å². The number of furan rings is 1. The third-order valence-electron chi connectivity index (χ3n) is 2.85. The minimum atomic E-state index is -0.548. The van der Waals surface area contributed by atoms with Crippen LogP contribution in [-0.2, 0) is 11.3 Å². The van der Waals surface area contributed by atoms with E-state index in [2.05, 4.69) is 21.0 Å². The van der Waals surface area contributed by atoms with E-state index in [1.54, 1.807) is 6.07 Å². The van der Waals surface area contributed by atoms with E-state index in [0.29, 0.717) is 11.7 Å². The molecule has 2 amide bonds. The summed E-state index contributed by atoms with van der Waals surface area (Å²) < 4.78 is 6.38. The molecule has 0 radical (unpaired) electrons. The average molecular weight is 339 g/mol. The molecule has 2 aromatic heterocycles. The fourth-order valence-corrected chi connectivity index (χ4v) is 2.46. The predicted octanol–water partition coefficient (Wildman–Crippen LogP) is 0.518. The Hall–Kier alpha value is -2.49. The van der Waals surface area contributed by atoms with Crippen molar-refractivity contribution in [2.75, 3.05) is 5.75 Å². The lowest BCUT2D eigenvalue weighted by Gasteiger charge is -2.06. The first-order chi connectivity index (χ1) is 11.1. The number of rotatable bonds is 7. The number of carbonyl (C=O) groups is 2. The minimum absolute atomic E-state index is 0.00878. The molecule has 3 N–H and O–H groups in total. The van der Waals surface area contributed by atoms with E-state index >= 15 is 0 Å². The third kappa shape index (κ3) is 4.74. The van der Waals surface area contributed by atoms with Crippen molar-refractivity contribution in [3.8, 4) is 0 Å². The van der Waals surface area contributed by atoms with Crippen molar-refractivity contribution in [1.29, 1.82) is 0 Å². The van der Waals surface area contributed by atoms with Gasteiger partial charge in [-0.25, -0.2) is 9.89 Å². The molecular formula is C13H17N5O4S. The number of thioether (sulfide) groups is 1. The Morgan fingerprint density at radius 2 is 2.26 bits per heavy atom. The number of hydrogen-bond acceptors (Lipinski definition) is 6. The Labute approximate surface area is 135 Å². The second-order valence-corrected chi connectivity index (χ2v) is 5.53. The Morgan fingerprint density at radius 3 is 2.96 bits per heavy atom. The normalized spacial score (nSPS) is 10.5. The molecule has 2 heterocycles. The second-order valence-electron chi connectivity index (χ2n) is 4.58. The summed E-state index contributed by atoms with van der Waals surface area (Å²) in [6, 6.07) is 3.05. The number of hydrazine groups is 1. The lowest BCUT2D eigenvalue weighted by molar-refractivity contribution is -0.119. The zero-order chi connectivity index (χ0) is 16.7. The van der Waals surface area contributed by atoms with Crippen molar-refractivity contribution < 1.29 is 14.0 Å². The van der Waals surface area contributed by atoms with E-state index in [1.165, 1.54) is 16.9 Å². The summed E-state index contributed by atoms with van der Waals surface area (Å²) in [5, 5.41) is 6.68. The summed E-state index contributed by atoms with van der Waals surface area (Å²) >= 11 is 1.11. The van der Waals surface area contributed by atoms with Gasteiger partial charge in [-0.2, -0.15) is 0 Å². The molecule has 10 heteroatoms. The maximum absolute atomic E-state index is 11.7. The highest BCUT2D eigenvalue weighted by Gasteiger charge is 2.13. The number of H-pyrrole nitrogens is 1. The second kappa shape index (κ2) is 8.22. The van der Waals surface area contributed by atoms with Crippen LogP contribution in [0.25, 0.3) is 0 Å². The van der Waals surface area contributed by atoms with Gasteiger partial charge < -0.3 is 4.42 Å². The molecule has 0 unspecified atom stereocenters. The van der Waals surface area contributed by atoms with E-state index in [4.69, 9.17) is 4.42 Å². The maximum Gasteiger partial charge on any atom is 0.343 e. The lowest BCUT2D eigenvalue weighted by Crippen LogP contribution is -2.42. The number of nitrogens with one attached hydrogen (secondary N) is 3. The quantitative estimate of drug-likeness (QED) is 0.499. The number of aromatic nitrogens is 3. The summed E-state index contributed by atoms with van der Waals surface area (Å²) in [5.41, 5.74) is 4.20. The molecule has 0 fully saturated rings. The average Bonchev–Trinajstić information content (AvgIpc) is 3.19. The van der Waals surface area contributed by atoms with Crippen molar-refractivity contribution in [2.45, 2.75) is 31.5 Å². The molecule has 0 saturated carbocycles. The minimum Gasteiger partial charge on any atom is -0.459 e. The molecule has 0 spiro atoms. The Kier molecular flexibility index (Phi) is 6.03. The Bertz CT molecular complexity index is 706. The van der Waals surface area contributed by atoms with Crippen LogP contribution in [0.5, 0.6) is 0 Å². The highest BCUT2D eigenvalue weighted by Crippen LogP contribution is 2.13. The van der Waals surface area contributed by atoms with Gasteiger partial charge in [-0.1, -0.05) is 25.1 Å². The van der Waals surface area contributed by atoms with Gasteiger partial charge in [0, 0.05) is 6.54 Å². The molecule has 2 aromatic rings. The van der Waals surface area contributed by atoms with Crippen molar-refractivity contribution in [2.24, 2.45) is 0 Å². The summed E-state index contributed by atoms with van der Waals surface area (Å²) in [4.78, 5) is 34.9. The summed E-state index contributed by atoms with van der Waals surface area (Å²) in [6.45, 7) is 2.57. The molecule has 0 atom stereocenters. The largest absolute Gasteiger partial charge is 0.459 e. The summed E-state index contributed by atoms with van der Waals surface area (Å²) in [6.07, 6.45) is 3.15. The number of hydrogen-bond donors (Lipinski definition) is 3. The van der Waals surface area contributed by atoms with Crippen molar-refractivity contribution in [3.63, 3.8) is 0 Å². The van der Waals surface area contributed by atoms with Crippen molar-refractivity contribution in [1.82, 2.24) is 25.6 Å². The molecule has 2 rings (SSSR count). The van der Waals surface area contributed by atoms with Crippen molar-refractivity contribution >= 4 is 23.6 Å². The fourth-order valence-electron chi connectivity index (χ4n) is 1.69. The van der Waals surface area contributed by atoms with Crippen LogP contribution in [0.3, 0.4) is 0 Å². The number of unbranched alkanes of at least 4 members (excludes halogenated alkanes) is 1. The fraction of sp³-hybridized carbons (Fsp3) is 0.385. The molecule has 0 aliphatic carbocycles. The molecule has 0 bridgehead atoms. The maximum atomic E-state index is 11.7. The van der Waals surface area contributed by atoms with E-state index < -0.39 is 11.8 Å². The van der Waals surface area contributed by atoms with Gasteiger partial charge in [-0.05, 0) is 18.6 Å². The Balaban J connectivity index is 1.80. The predicted molar refractivity (Wildman–Crippen MR) is 82.8 cm³/mol. The van der Waals surface area contributed by atoms with Gasteiger partial charge in [0.15, 0.2) is 10.9 Å². The van der Waals surface area contributed by atoms with Crippen LogP contribution >= 0.6 is 11.8 Å². The van der Waals surface area contributed by atoms with Crippen LogP contribution in [-0.4, -0.2) is 32.3 Å². The molecule has 23 heavy (non-hydrogen) atoms. The van der Waals surface area contributed by atoms with Crippen LogP contribution in [0.4, 0.5) is 0 Å². The first kappa shape index (κ1) is 16.9. The van der Waals surface area contributed by atoms with Crippen LogP contribution in [0, 0.1) is 0 Å². The molecule has 0 aliphatic rings. The van der Waals surface area contributed by atoms with Gasteiger partial charge in [0.25, 0.3) is 0 Å². The first-order valence-electron chi connectivity index (χ1n) is 7.02. The van der Waals surface area contributed by atoms with Gasteiger partial charge in [-0.15, -0.1) is 5.10 Å². The van der Waals surface area contributed by atoms with Gasteiger partial charge >= 0.3 is 11.6 Å². The topological polar surface area (TPSA) is 122 Å². The van der Waals surface area contributed by atoms with Gasteiger partial charge in [0.2, 0.25) is 5.91 Å². The monoisotopic (exact) mass is 339 g/mol. The first-order valence-corrected chi connectivity index (χ1v) is 8.01. The van der Waals surface area contributed by atoms with Gasteiger partial charge in [0.05, 0.1) is 12.0 Å². The molecule has 124 valence electrons. The number of aromatic amines is 1. The highest BCUT2D eigenvalue weighted by atomic mass is 32.2. The molecule has 0 aliphatic heterocycles. The smallest absolute Gasteiger partial charge is 0.343 e. The van der Waals surface area contributed by atoms with E-state index in [1.807, 2.05) is 6.92 Å². The van der Waals surface area contributed by atoms with Crippen LogP contribution in [0.15, 0.2) is 32.8 Å². The molecule has 0 aromatic carbocycles. The highest BCUT2D eigenvalue weighted by molar-refractivity contribution is 7.99. The van der Waals surface area contributed by atoms with Crippen LogP contribution in [0.2, 0.25) is 0 Å². The van der Waals surface area contributed by atoms with E-state index in [9.17, 15) is 14.4 Å². The molecule has 9 nitrogen and oxygen atoms in total. The van der Waals surface area contributed by atoms with E-state index in [-0.39, 0.29) is 17.2 Å². The van der Waals surface area contributed by atoms with Gasteiger partial charge in [0.1, 0.15) is 0 Å². The summed E-state index contributed by atoms with van der Waals surface area (Å²) in [7, 11) is 0. The summed E-state index contributed by atoms with van der Waals surface area (Å²) in [5.74, 6) is -0.867. The lowest BCUT2D eigenvalue weighted by atomic mass is 10.3. The van der Waals surface area contributed by atoms with Crippen LogP contribution < -0.4 is 16.5 Å². The molecule has 0 saturated heterocycles. The number of amides is 2. The number of nitrogens with zero attached hydrogens (tertiary/aromatic N) is 2. The zero-order valence-corrected chi connectivity index (χ0v) is 13.3. The number of carbonyl (C=O) groups excluding carboxylic acids is 2. The standard InChI is InChI=1S/C13H17N5O4S/c1-2-3-6-18-12(21)16-17-13(18)23-8-10(19)14-15-11(20)9-5-4-7-22-9/h4-5,7H,2-3,6,8H2,1H3,(H,14,19)(H,15,20)(H,16,21). The van der Waals surface area contributed by atoms with E-state index in [0.717, 1.165) is 24.6 Å². The Morgan fingerprint density at radius 1 is 1.43 bits per heavy atom. The van der Waals surface area contributed by atoms with Crippen molar-refractivity contribution in [3.05, 3.63) is 34.6 Å². The zero-order valence-electron chi connectivity index (χ0n) is 12.5.